The molecule has 0 spiro atoms. The highest BCUT2D eigenvalue weighted by atomic mass is 16.5. The van der Waals surface area contributed by atoms with Crippen molar-refractivity contribution in [3.63, 3.8) is 0 Å². The number of anilines is 1. The van der Waals surface area contributed by atoms with Gasteiger partial charge >= 0.3 is 0 Å². The van der Waals surface area contributed by atoms with Crippen molar-refractivity contribution in [2.75, 3.05) is 25.1 Å². The fraction of sp³-hybridized carbons (Fsp3) is 0.562. The third-order valence-electron chi connectivity index (χ3n) is 3.88. The molecule has 1 fully saturated rings. The van der Waals surface area contributed by atoms with Crippen molar-refractivity contribution < 1.29 is 14.3 Å². The Bertz CT molecular complexity index is 518. The molecule has 1 heterocycles. The number of amides is 1. The Morgan fingerprint density at radius 1 is 1.57 bits per heavy atom. The highest BCUT2D eigenvalue weighted by Crippen LogP contribution is 2.32. The normalized spacial score (nSPS) is 24.9. The average molecular weight is 292 g/mol. The number of nitrogens with one attached hydrogen (secondary N) is 1. The highest BCUT2D eigenvalue weighted by molar-refractivity contribution is 5.97. The number of hydrogen-bond donors (Lipinski definition) is 2. The van der Waals surface area contributed by atoms with Gasteiger partial charge in [-0.25, -0.2) is 0 Å². The summed E-state index contributed by atoms with van der Waals surface area (Å²) in [4.78, 5) is 12.5. The minimum absolute atomic E-state index is 0.127. The molecule has 5 heteroatoms. The molecule has 1 amide bonds. The first-order valence-electron chi connectivity index (χ1n) is 7.35. The number of rotatable bonds is 5. The van der Waals surface area contributed by atoms with E-state index in [1.807, 2.05) is 39.0 Å². The summed E-state index contributed by atoms with van der Waals surface area (Å²) in [7, 11) is 0. The zero-order chi connectivity index (χ0) is 15.5. The second-order valence-electron chi connectivity index (χ2n) is 5.84. The van der Waals surface area contributed by atoms with Crippen molar-refractivity contribution in [3.05, 3.63) is 23.8 Å². The predicted octanol–water partition coefficient (Wildman–Crippen LogP) is 2.09. The Labute approximate surface area is 125 Å². The van der Waals surface area contributed by atoms with E-state index in [0.29, 0.717) is 31.3 Å². The lowest BCUT2D eigenvalue weighted by molar-refractivity contribution is -0.125. The molecule has 1 saturated heterocycles. The Kier molecular flexibility index (Phi) is 4.85. The molecular formula is C16H24N2O3. The van der Waals surface area contributed by atoms with Gasteiger partial charge in [0.2, 0.25) is 5.91 Å². The monoisotopic (exact) mass is 292 g/mol. The van der Waals surface area contributed by atoms with E-state index < -0.39 is 5.41 Å². The maximum absolute atomic E-state index is 12.5. The fourth-order valence-electron chi connectivity index (χ4n) is 2.25. The first-order chi connectivity index (χ1) is 9.97. The molecule has 0 bridgehead atoms. The van der Waals surface area contributed by atoms with Gasteiger partial charge in [-0.15, -0.1) is 0 Å². The predicted molar refractivity (Wildman–Crippen MR) is 82.5 cm³/mol. The van der Waals surface area contributed by atoms with Crippen LogP contribution in [0.4, 0.5) is 5.69 Å². The van der Waals surface area contributed by atoms with Crippen molar-refractivity contribution in [3.8, 4) is 5.75 Å². The molecular weight excluding hydrogens is 268 g/mol. The fourth-order valence-corrected chi connectivity index (χ4v) is 2.25. The number of benzene rings is 1. The van der Waals surface area contributed by atoms with Crippen LogP contribution in [0.25, 0.3) is 0 Å². The second kappa shape index (κ2) is 6.45. The van der Waals surface area contributed by atoms with Crippen LogP contribution in [0.15, 0.2) is 18.2 Å². The lowest BCUT2D eigenvalue weighted by Crippen LogP contribution is -2.47. The molecule has 2 atom stereocenters. The molecule has 0 aromatic heterocycles. The van der Waals surface area contributed by atoms with Crippen molar-refractivity contribution in [2.24, 2.45) is 11.1 Å². The summed E-state index contributed by atoms with van der Waals surface area (Å²) in [5.74, 6) is 0.569. The number of hydrogen-bond acceptors (Lipinski definition) is 4. The van der Waals surface area contributed by atoms with E-state index in [0.717, 1.165) is 12.0 Å². The molecule has 0 saturated carbocycles. The molecule has 2 rings (SSSR count). The molecule has 116 valence electrons. The summed E-state index contributed by atoms with van der Waals surface area (Å²) in [6.45, 7) is 7.25. The number of carbonyl (C=O) groups is 1. The molecule has 0 radical (unpaired) electrons. The minimum Gasteiger partial charge on any atom is -0.491 e. The number of ether oxygens (including phenoxy) is 2. The van der Waals surface area contributed by atoms with Gasteiger partial charge in [0.1, 0.15) is 5.75 Å². The van der Waals surface area contributed by atoms with Crippen LogP contribution in [0.2, 0.25) is 0 Å². The molecule has 5 nitrogen and oxygen atoms in total. The van der Waals surface area contributed by atoms with Crippen LogP contribution >= 0.6 is 0 Å². The first kappa shape index (κ1) is 15.8. The van der Waals surface area contributed by atoms with Crippen LogP contribution in [0.3, 0.4) is 0 Å². The summed E-state index contributed by atoms with van der Waals surface area (Å²) in [6.07, 6.45) is 0.914. The summed E-state index contributed by atoms with van der Waals surface area (Å²) < 4.78 is 11.0. The van der Waals surface area contributed by atoms with Gasteiger partial charge in [0.25, 0.3) is 0 Å². The lowest BCUT2D eigenvalue weighted by atomic mass is 9.85. The Balaban J connectivity index is 2.17. The van der Waals surface area contributed by atoms with Crippen LogP contribution < -0.4 is 15.8 Å². The van der Waals surface area contributed by atoms with Crippen molar-refractivity contribution in [1.82, 2.24) is 0 Å². The van der Waals surface area contributed by atoms with E-state index in [-0.39, 0.29) is 11.9 Å². The lowest BCUT2D eigenvalue weighted by Gasteiger charge is -2.26. The van der Waals surface area contributed by atoms with Crippen molar-refractivity contribution >= 4 is 11.6 Å². The Morgan fingerprint density at radius 3 is 2.95 bits per heavy atom. The summed E-state index contributed by atoms with van der Waals surface area (Å²) >= 11 is 0. The summed E-state index contributed by atoms with van der Waals surface area (Å²) in [5.41, 5.74) is 7.06. The van der Waals surface area contributed by atoms with Crippen LogP contribution in [0, 0.1) is 12.3 Å². The number of aryl methyl sites for hydroxylation is 1. The van der Waals surface area contributed by atoms with Gasteiger partial charge in [0, 0.05) is 6.04 Å². The van der Waals surface area contributed by atoms with Crippen molar-refractivity contribution in [2.45, 2.75) is 33.2 Å². The van der Waals surface area contributed by atoms with Gasteiger partial charge in [-0.1, -0.05) is 13.0 Å². The van der Waals surface area contributed by atoms with Gasteiger partial charge in [-0.3, -0.25) is 4.79 Å². The zero-order valence-electron chi connectivity index (χ0n) is 12.9. The van der Waals surface area contributed by atoms with E-state index >= 15 is 0 Å². The molecule has 2 unspecified atom stereocenters. The summed E-state index contributed by atoms with van der Waals surface area (Å²) in [5, 5.41) is 2.94. The van der Waals surface area contributed by atoms with Gasteiger partial charge < -0.3 is 20.5 Å². The van der Waals surface area contributed by atoms with Crippen molar-refractivity contribution in [1.29, 1.82) is 0 Å². The van der Waals surface area contributed by atoms with Crippen LogP contribution in [0.1, 0.15) is 25.8 Å². The summed E-state index contributed by atoms with van der Waals surface area (Å²) in [6, 6.07) is 5.45. The van der Waals surface area contributed by atoms with E-state index in [9.17, 15) is 4.79 Å². The standard InChI is InChI=1S/C16H24N2O3/c1-4-7-21-13-8-11(2)5-6-12(13)18-15(19)16(3)10-20-9-14(16)17/h5-6,8,14H,4,7,9-10,17H2,1-3H3,(H,18,19). The SMILES string of the molecule is CCCOc1cc(C)ccc1NC(=O)C1(C)COCC1N. The highest BCUT2D eigenvalue weighted by Gasteiger charge is 2.44. The number of nitrogens with two attached hydrogens (primary N) is 1. The van der Waals surface area contributed by atoms with Gasteiger partial charge in [-0.2, -0.15) is 0 Å². The zero-order valence-corrected chi connectivity index (χ0v) is 12.9. The second-order valence-corrected chi connectivity index (χ2v) is 5.84. The first-order valence-corrected chi connectivity index (χ1v) is 7.35. The number of carbonyl (C=O) groups excluding carboxylic acids is 1. The van der Waals surface area contributed by atoms with Crippen LogP contribution in [-0.4, -0.2) is 31.8 Å². The topological polar surface area (TPSA) is 73.6 Å². The largest absolute Gasteiger partial charge is 0.491 e. The van der Waals surface area contributed by atoms with E-state index in [1.54, 1.807) is 0 Å². The van der Waals surface area contributed by atoms with Gasteiger partial charge in [0.15, 0.2) is 0 Å². The van der Waals surface area contributed by atoms with Crippen LogP contribution in [0.5, 0.6) is 5.75 Å². The third-order valence-corrected chi connectivity index (χ3v) is 3.88. The van der Waals surface area contributed by atoms with Gasteiger partial charge in [-0.05, 0) is 38.0 Å². The van der Waals surface area contributed by atoms with Crippen LogP contribution in [-0.2, 0) is 9.53 Å². The average Bonchev–Trinajstić information content (AvgIpc) is 2.80. The molecule has 1 aliphatic heterocycles. The molecule has 1 aromatic rings. The Hall–Kier alpha value is -1.59. The van der Waals surface area contributed by atoms with E-state index in [2.05, 4.69) is 5.32 Å². The van der Waals surface area contributed by atoms with Gasteiger partial charge in [0.05, 0.1) is 30.9 Å². The molecule has 0 aliphatic carbocycles. The molecule has 21 heavy (non-hydrogen) atoms. The minimum atomic E-state index is -0.701. The van der Waals surface area contributed by atoms with E-state index in [1.165, 1.54) is 0 Å². The quantitative estimate of drug-likeness (QED) is 0.871. The maximum atomic E-state index is 12.5. The Morgan fingerprint density at radius 2 is 2.33 bits per heavy atom. The molecule has 1 aromatic carbocycles. The van der Waals surface area contributed by atoms with E-state index in [4.69, 9.17) is 15.2 Å². The smallest absolute Gasteiger partial charge is 0.234 e. The maximum Gasteiger partial charge on any atom is 0.234 e. The third kappa shape index (κ3) is 3.36. The molecule has 3 N–H and O–H groups in total. The molecule has 1 aliphatic rings.